The minimum atomic E-state index is -0.706. The van der Waals surface area contributed by atoms with Gasteiger partial charge in [-0.25, -0.2) is 4.39 Å². The number of hydrogen-bond acceptors (Lipinski definition) is 4. The highest BCUT2D eigenvalue weighted by molar-refractivity contribution is 5.03. The van der Waals surface area contributed by atoms with Crippen LogP contribution in [0.3, 0.4) is 0 Å². The molecule has 4 rings (SSSR count). The standard InChI is InChI=1S/C9H17NO.C8H14FNO.2C2H6/c11-8-9-4-1-2-6-10(9)7-3-5-9;9-7-4-8(6-11)2-1-3-10(8)5-7;2*1-2/h11H,1-8H2;7,11H,1-6H2;2*1-2H3/t;7-,8+;;/m.1../s1. The van der Waals surface area contributed by atoms with Crippen molar-refractivity contribution in [3.63, 3.8) is 0 Å². The maximum Gasteiger partial charge on any atom is 0.115 e. The molecule has 26 heavy (non-hydrogen) atoms. The van der Waals surface area contributed by atoms with E-state index in [1.54, 1.807) is 0 Å². The molecule has 4 saturated heterocycles. The summed E-state index contributed by atoms with van der Waals surface area (Å²) in [5.74, 6) is 0. The Morgan fingerprint density at radius 1 is 0.769 bits per heavy atom. The van der Waals surface area contributed by atoms with Crippen LogP contribution in [0.1, 0.15) is 79.1 Å². The Balaban J connectivity index is 0.000000219. The lowest BCUT2D eigenvalue weighted by atomic mass is 9.87. The average molecular weight is 375 g/mol. The minimum Gasteiger partial charge on any atom is -0.394 e. The van der Waals surface area contributed by atoms with Crippen molar-refractivity contribution in [2.24, 2.45) is 0 Å². The van der Waals surface area contributed by atoms with E-state index >= 15 is 0 Å². The molecule has 4 aliphatic rings. The Morgan fingerprint density at radius 2 is 1.27 bits per heavy atom. The molecule has 4 fully saturated rings. The molecule has 0 aromatic carbocycles. The van der Waals surface area contributed by atoms with Crippen molar-refractivity contribution in [1.82, 2.24) is 9.80 Å². The lowest BCUT2D eigenvalue weighted by molar-refractivity contribution is 0.0325. The van der Waals surface area contributed by atoms with E-state index in [0.29, 0.717) is 19.6 Å². The molecule has 0 aromatic heterocycles. The molecule has 4 aliphatic heterocycles. The number of piperidine rings is 1. The first kappa shape index (κ1) is 23.8. The molecule has 4 nitrogen and oxygen atoms in total. The normalized spacial score (nSPS) is 35.9. The van der Waals surface area contributed by atoms with Crippen LogP contribution in [0.4, 0.5) is 4.39 Å². The van der Waals surface area contributed by atoms with E-state index in [2.05, 4.69) is 9.80 Å². The van der Waals surface area contributed by atoms with Crippen LogP contribution in [0.2, 0.25) is 0 Å². The Kier molecular flexibility index (Phi) is 10.6. The third-order valence-corrected chi connectivity index (χ3v) is 6.41. The highest BCUT2D eigenvalue weighted by Crippen LogP contribution is 2.39. The zero-order valence-corrected chi connectivity index (χ0v) is 17.6. The fraction of sp³-hybridized carbons (Fsp3) is 1.00. The van der Waals surface area contributed by atoms with E-state index in [-0.39, 0.29) is 17.7 Å². The van der Waals surface area contributed by atoms with Crippen molar-refractivity contribution in [2.75, 3.05) is 39.4 Å². The van der Waals surface area contributed by atoms with Gasteiger partial charge in [0.1, 0.15) is 6.17 Å². The van der Waals surface area contributed by atoms with Gasteiger partial charge in [0.15, 0.2) is 0 Å². The van der Waals surface area contributed by atoms with Crippen molar-refractivity contribution < 1.29 is 14.6 Å². The number of nitrogens with zero attached hydrogens (tertiary/aromatic N) is 2. The van der Waals surface area contributed by atoms with Gasteiger partial charge in [-0.1, -0.05) is 34.1 Å². The van der Waals surface area contributed by atoms with E-state index in [1.807, 2.05) is 27.7 Å². The predicted octanol–water partition coefficient (Wildman–Crippen LogP) is 3.60. The van der Waals surface area contributed by atoms with E-state index in [9.17, 15) is 9.50 Å². The summed E-state index contributed by atoms with van der Waals surface area (Å²) in [6.07, 6.45) is 8.33. The summed E-state index contributed by atoms with van der Waals surface area (Å²) in [7, 11) is 0. The zero-order valence-electron chi connectivity index (χ0n) is 17.6. The number of aliphatic hydroxyl groups excluding tert-OH is 2. The van der Waals surface area contributed by atoms with Gasteiger partial charge in [0.2, 0.25) is 0 Å². The van der Waals surface area contributed by atoms with Crippen LogP contribution < -0.4 is 0 Å². The van der Waals surface area contributed by atoms with Gasteiger partial charge in [-0.05, 0) is 58.2 Å². The van der Waals surface area contributed by atoms with E-state index in [4.69, 9.17) is 5.11 Å². The summed E-state index contributed by atoms with van der Waals surface area (Å²) < 4.78 is 12.9. The van der Waals surface area contributed by atoms with Crippen LogP contribution >= 0.6 is 0 Å². The quantitative estimate of drug-likeness (QED) is 0.775. The summed E-state index contributed by atoms with van der Waals surface area (Å²) >= 11 is 0. The molecule has 5 heteroatoms. The topological polar surface area (TPSA) is 46.9 Å². The van der Waals surface area contributed by atoms with Gasteiger partial charge in [-0.2, -0.15) is 0 Å². The first-order chi connectivity index (χ1) is 12.6. The largest absolute Gasteiger partial charge is 0.394 e. The molecule has 0 bridgehead atoms. The van der Waals surface area contributed by atoms with Crippen molar-refractivity contribution >= 4 is 0 Å². The number of rotatable bonds is 2. The summed E-state index contributed by atoms with van der Waals surface area (Å²) in [6.45, 7) is 12.5. The lowest BCUT2D eigenvalue weighted by Gasteiger charge is -2.41. The third-order valence-electron chi connectivity index (χ3n) is 6.41. The van der Waals surface area contributed by atoms with Gasteiger partial charge >= 0.3 is 0 Å². The van der Waals surface area contributed by atoms with Crippen molar-refractivity contribution in [1.29, 1.82) is 0 Å². The summed E-state index contributed by atoms with van der Waals surface area (Å²) in [5.41, 5.74) is 0.0532. The molecule has 4 heterocycles. The van der Waals surface area contributed by atoms with Crippen LogP contribution in [-0.2, 0) is 0 Å². The Morgan fingerprint density at radius 3 is 1.81 bits per heavy atom. The maximum absolute atomic E-state index is 12.9. The molecular formula is C21H43FN2O2. The second-order valence-electron chi connectivity index (χ2n) is 7.66. The number of hydrogen-bond donors (Lipinski definition) is 2. The zero-order chi connectivity index (χ0) is 19.6. The Bertz CT molecular complexity index is 375. The lowest BCUT2D eigenvalue weighted by Crippen LogP contribution is -2.49. The molecule has 0 aromatic rings. The fourth-order valence-corrected chi connectivity index (χ4v) is 5.11. The molecule has 0 spiro atoms. The molecule has 1 unspecified atom stereocenters. The second-order valence-corrected chi connectivity index (χ2v) is 7.66. The van der Waals surface area contributed by atoms with E-state index < -0.39 is 6.17 Å². The molecule has 156 valence electrons. The van der Waals surface area contributed by atoms with Gasteiger partial charge in [-0.3, -0.25) is 9.80 Å². The molecule has 0 amide bonds. The monoisotopic (exact) mass is 374 g/mol. The molecular weight excluding hydrogens is 331 g/mol. The first-order valence-corrected chi connectivity index (χ1v) is 11.0. The summed E-state index contributed by atoms with van der Waals surface area (Å²) in [5, 5.41) is 18.4. The highest BCUT2D eigenvalue weighted by atomic mass is 19.1. The van der Waals surface area contributed by atoms with Crippen LogP contribution in [-0.4, -0.2) is 76.7 Å². The van der Waals surface area contributed by atoms with Gasteiger partial charge in [0.25, 0.3) is 0 Å². The molecule has 3 atom stereocenters. The molecule has 0 saturated carbocycles. The Labute approximate surface area is 160 Å². The number of alkyl halides is 1. The maximum atomic E-state index is 12.9. The van der Waals surface area contributed by atoms with Gasteiger partial charge in [-0.15, -0.1) is 0 Å². The van der Waals surface area contributed by atoms with Gasteiger partial charge in [0.05, 0.1) is 13.2 Å². The summed E-state index contributed by atoms with van der Waals surface area (Å²) in [6, 6.07) is 0. The first-order valence-electron chi connectivity index (χ1n) is 11.0. The number of aliphatic hydroxyl groups is 2. The highest BCUT2D eigenvalue weighted by Gasteiger charge is 2.48. The summed E-state index contributed by atoms with van der Waals surface area (Å²) in [4.78, 5) is 4.61. The number of halogens is 1. The SMILES string of the molecule is CC.CC.OCC12CCCCN1CCC2.OC[C@@]12CCCN1C[C@H](F)C2. The van der Waals surface area contributed by atoms with Crippen molar-refractivity contribution in [2.45, 2.75) is 96.3 Å². The van der Waals surface area contributed by atoms with Crippen LogP contribution in [0, 0.1) is 0 Å². The third kappa shape index (κ3) is 5.18. The van der Waals surface area contributed by atoms with Crippen LogP contribution in [0.25, 0.3) is 0 Å². The number of fused-ring (bicyclic) bond motifs is 2. The predicted molar refractivity (Wildman–Crippen MR) is 107 cm³/mol. The molecule has 0 aliphatic carbocycles. The van der Waals surface area contributed by atoms with Gasteiger partial charge < -0.3 is 10.2 Å². The van der Waals surface area contributed by atoms with Crippen LogP contribution in [0.5, 0.6) is 0 Å². The minimum absolute atomic E-state index is 0.132. The molecule has 0 radical (unpaired) electrons. The average Bonchev–Trinajstić information content (AvgIpc) is 3.37. The van der Waals surface area contributed by atoms with Crippen molar-refractivity contribution in [3.8, 4) is 0 Å². The Hall–Kier alpha value is -0.230. The second kappa shape index (κ2) is 11.6. The van der Waals surface area contributed by atoms with Crippen LogP contribution in [0.15, 0.2) is 0 Å². The van der Waals surface area contributed by atoms with Crippen molar-refractivity contribution in [3.05, 3.63) is 0 Å². The van der Waals surface area contributed by atoms with E-state index in [0.717, 1.165) is 19.4 Å². The fourth-order valence-electron chi connectivity index (χ4n) is 5.11. The molecule has 2 N–H and O–H groups in total. The van der Waals surface area contributed by atoms with Gasteiger partial charge in [0, 0.05) is 24.0 Å². The van der Waals surface area contributed by atoms with E-state index in [1.165, 1.54) is 45.2 Å². The smallest absolute Gasteiger partial charge is 0.115 e.